The van der Waals surface area contributed by atoms with Crippen LogP contribution in [0, 0.1) is 0 Å². The zero-order chi connectivity index (χ0) is 75.1. The smallest absolute Gasteiger partial charge is 0.220 e. The first-order valence-corrected chi connectivity index (χ1v) is 45.6. The van der Waals surface area contributed by atoms with Crippen molar-refractivity contribution in [1.82, 2.24) is 5.32 Å². The summed E-state index contributed by atoms with van der Waals surface area (Å²) in [6.45, 7) is 2.87. The predicted molar refractivity (Wildman–Crippen MR) is 434 cm³/mol. The van der Waals surface area contributed by atoms with Crippen LogP contribution in [0.3, 0.4) is 0 Å². The van der Waals surface area contributed by atoms with Gasteiger partial charge in [0.15, 0.2) is 12.6 Å². The van der Waals surface area contributed by atoms with Gasteiger partial charge in [-0.1, -0.05) is 436 Å². The highest BCUT2D eigenvalue weighted by Crippen LogP contribution is 2.31. The second kappa shape index (κ2) is 74.2. The van der Waals surface area contributed by atoms with Gasteiger partial charge in [-0.15, -0.1) is 0 Å². The van der Waals surface area contributed by atoms with Crippen molar-refractivity contribution in [1.29, 1.82) is 0 Å². The number of ether oxygens (including phenoxy) is 4. The fraction of sp³-hybridized carbons (Fsp3) is 0.944. The number of carbonyl (C=O) groups excluding carboxylic acids is 1. The van der Waals surface area contributed by atoms with E-state index in [-0.39, 0.29) is 18.9 Å². The molecule has 0 radical (unpaired) electrons. The molecule has 616 valence electrons. The first kappa shape index (κ1) is 98.5. The third-order valence-electron chi connectivity index (χ3n) is 22.6. The zero-order valence-electron chi connectivity index (χ0n) is 68.1. The Morgan fingerprint density at radius 3 is 0.942 bits per heavy atom. The lowest BCUT2D eigenvalue weighted by molar-refractivity contribution is -0.359. The third-order valence-corrected chi connectivity index (χ3v) is 22.6. The molecule has 2 fully saturated rings. The van der Waals surface area contributed by atoms with E-state index >= 15 is 0 Å². The lowest BCUT2D eigenvalue weighted by Crippen LogP contribution is -2.65. The SMILES string of the molecule is CCCCCCCCCCCCCCCCCCCCCCCCCC/C=C/CC/C=C/C(O)C(COC1OC(CO)C(OC2OC(CO)C(O)C(O)C2O)C(O)C1O)NC(=O)CCCCCCCCCCCCCCCCCCCCCCCCCCCCCCCCCCCCCCCCCC. The van der Waals surface area contributed by atoms with Crippen molar-refractivity contribution in [3.05, 3.63) is 24.3 Å². The molecule has 0 aliphatic carbocycles. The molecule has 1 amide bonds. The van der Waals surface area contributed by atoms with Gasteiger partial charge in [-0.2, -0.15) is 0 Å². The summed E-state index contributed by atoms with van der Waals surface area (Å²) >= 11 is 0. The summed E-state index contributed by atoms with van der Waals surface area (Å²) < 4.78 is 22.9. The Labute approximate surface area is 640 Å². The van der Waals surface area contributed by atoms with Crippen molar-refractivity contribution in [2.24, 2.45) is 0 Å². The standard InChI is InChI=1S/C90H173NO13/c1-3-5-7-9-11-13-15-17-19-21-23-25-27-29-31-33-35-36-37-38-39-40-41-42-43-44-46-48-50-52-54-56-58-60-62-64-66-68-70-72-74-82(95)91-78(77-101-89-87(100)85(98)88(81(76-93)103-89)104-90-86(99)84(97)83(96)80(75-92)102-90)79(94)73-71-69-67-65-63-61-59-57-55-53-51-49-47-45-34-32-30-28-26-24-22-20-18-16-14-12-10-8-6-4-2/h63,65,71,73,78-81,83-90,92-94,96-100H,3-62,64,66-70,72,74-77H2,1-2H3,(H,91,95)/b65-63+,73-71+. The Hall–Kier alpha value is -1.53. The van der Waals surface area contributed by atoms with Crippen molar-refractivity contribution >= 4 is 5.91 Å². The zero-order valence-corrected chi connectivity index (χ0v) is 68.1. The number of aliphatic hydroxyl groups is 8. The Bertz CT molecular complexity index is 1840. The number of unbranched alkanes of at least 4 members (excludes halogenated alkanes) is 64. The molecule has 0 bridgehead atoms. The minimum Gasteiger partial charge on any atom is -0.394 e. The molecule has 0 aromatic heterocycles. The van der Waals surface area contributed by atoms with Crippen LogP contribution in [0.15, 0.2) is 24.3 Å². The maximum Gasteiger partial charge on any atom is 0.220 e. The highest BCUT2D eigenvalue weighted by atomic mass is 16.7. The van der Waals surface area contributed by atoms with Crippen LogP contribution >= 0.6 is 0 Å². The maximum atomic E-state index is 13.4. The summed E-state index contributed by atoms with van der Waals surface area (Å²) in [5.74, 6) is -0.238. The summed E-state index contributed by atoms with van der Waals surface area (Å²) in [6, 6.07) is -0.931. The lowest BCUT2D eigenvalue weighted by atomic mass is 9.97. The molecule has 14 heteroatoms. The molecule has 0 saturated carbocycles. The molecule has 2 heterocycles. The van der Waals surface area contributed by atoms with Gasteiger partial charge in [0.25, 0.3) is 0 Å². The van der Waals surface area contributed by atoms with Gasteiger partial charge in [0, 0.05) is 6.42 Å². The van der Waals surface area contributed by atoms with E-state index in [1.807, 2.05) is 6.08 Å². The summed E-state index contributed by atoms with van der Waals surface area (Å²) in [7, 11) is 0. The molecule has 104 heavy (non-hydrogen) atoms. The van der Waals surface area contributed by atoms with Crippen molar-refractivity contribution in [3.63, 3.8) is 0 Å². The van der Waals surface area contributed by atoms with E-state index in [1.165, 1.54) is 385 Å². The highest BCUT2D eigenvalue weighted by Gasteiger charge is 2.51. The second-order valence-electron chi connectivity index (χ2n) is 32.4. The van der Waals surface area contributed by atoms with Gasteiger partial charge in [-0.05, 0) is 32.1 Å². The Morgan fingerprint density at radius 1 is 0.337 bits per heavy atom. The van der Waals surface area contributed by atoms with Crippen LogP contribution in [0.25, 0.3) is 0 Å². The molecule has 14 nitrogen and oxygen atoms in total. The molecular weight excluding hydrogens is 1300 g/mol. The van der Waals surface area contributed by atoms with E-state index in [1.54, 1.807) is 6.08 Å². The van der Waals surface area contributed by atoms with E-state index in [0.717, 1.165) is 32.1 Å². The van der Waals surface area contributed by atoms with Crippen LogP contribution in [-0.4, -0.2) is 140 Å². The van der Waals surface area contributed by atoms with Gasteiger partial charge >= 0.3 is 0 Å². The quantitative estimate of drug-likeness (QED) is 0.0204. The summed E-state index contributed by atoms with van der Waals surface area (Å²) in [5.41, 5.74) is 0. The average molecular weight is 1480 g/mol. The van der Waals surface area contributed by atoms with Gasteiger partial charge in [0.05, 0.1) is 32.0 Å². The Morgan fingerprint density at radius 2 is 0.615 bits per heavy atom. The molecule has 2 aliphatic rings. The van der Waals surface area contributed by atoms with Crippen molar-refractivity contribution in [2.75, 3.05) is 19.8 Å². The van der Waals surface area contributed by atoms with Gasteiger partial charge in [0.1, 0.15) is 48.8 Å². The number of carbonyl (C=O) groups is 1. The van der Waals surface area contributed by atoms with Gasteiger partial charge in [-0.25, -0.2) is 0 Å². The molecular formula is C90H173NO13. The molecule has 12 unspecified atom stereocenters. The van der Waals surface area contributed by atoms with Crippen LogP contribution in [0.2, 0.25) is 0 Å². The Kier molecular flexibility index (Phi) is 70.3. The van der Waals surface area contributed by atoms with Crippen LogP contribution in [0.1, 0.15) is 450 Å². The normalized spacial score (nSPS) is 21.5. The molecule has 2 saturated heterocycles. The minimum absolute atomic E-state index is 0.238. The second-order valence-corrected chi connectivity index (χ2v) is 32.4. The van der Waals surface area contributed by atoms with E-state index in [4.69, 9.17) is 18.9 Å². The summed E-state index contributed by atoms with van der Waals surface area (Å²) in [4.78, 5) is 13.4. The van der Waals surface area contributed by atoms with Crippen molar-refractivity contribution < 1.29 is 64.6 Å². The third kappa shape index (κ3) is 55.8. The van der Waals surface area contributed by atoms with Crippen molar-refractivity contribution in [3.8, 4) is 0 Å². The molecule has 0 aromatic carbocycles. The fourth-order valence-corrected chi connectivity index (χ4v) is 15.5. The molecule has 12 atom stereocenters. The highest BCUT2D eigenvalue weighted by molar-refractivity contribution is 5.76. The molecule has 0 aromatic rings. The van der Waals surface area contributed by atoms with Gasteiger partial charge in [-0.3, -0.25) is 4.79 Å². The number of aliphatic hydroxyl groups excluding tert-OH is 8. The van der Waals surface area contributed by atoms with Crippen LogP contribution < -0.4 is 5.32 Å². The van der Waals surface area contributed by atoms with Crippen LogP contribution in [0.5, 0.6) is 0 Å². The number of hydrogen-bond acceptors (Lipinski definition) is 13. The van der Waals surface area contributed by atoms with Crippen molar-refractivity contribution in [2.45, 2.75) is 524 Å². The van der Waals surface area contributed by atoms with E-state index in [0.29, 0.717) is 12.8 Å². The molecule has 2 rings (SSSR count). The molecule has 2 aliphatic heterocycles. The Balaban J connectivity index is 1.55. The average Bonchev–Trinajstić information content (AvgIpc) is 0.788. The fourth-order valence-electron chi connectivity index (χ4n) is 15.5. The van der Waals surface area contributed by atoms with E-state index in [9.17, 15) is 45.6 Å². The first-order valence-electron chi connectivity index (χ1n) is 45.6. The maximum absolute atomic E-state index is 13.4. The number of nitrogens with one attached hydrogen (secondary N) is 1. The van der Waals surface area contributed by atoms with Crippen LogP contribution in [0.4, 0.5) is 0 Å². The van der Waals surface area contributed by atoms with E-state index in [2.05, 4.69) is 31.3 Å². The predicted octanol–water partition coefficient (Wildman–Crippen LogP) is 22.2. The van der Waals surface area contributed by atoms with Gasteiger partial charge < -0.3 is 65.1 Å². The minimum atomic E-state index is -1.79. The first-order chi connectivity index (χ1) is 51.1. The largest absolute Gasteiger partial charge is 0.394 e. The van der Waals surface area contributed by atoms with Gasteiger partial charge in [0.2, 0.25) is 5.91 Å². The number of allylic oxidation sites excluding steroid dienone is 3. The number of hydrogen-bond donors (Lipinski definition) is 9. The number of rotatable bonds is 79. The lowest BCUT2D eigenvalue weighted by Gasteiger charge is -2.46. The number of amides is 1. The molecule has 9 N–H and O–H groups in total. The van der Waals surface area contributed by atoms with Crippen LogP contribution in [-0.2, 0) is 23.7 Å². The summed E-state index contributed by atoms with van der Waals surface area (Å²) in [5, 5.41) is 87.8. The molecule has 0 spiro atoms. The summed E-state index contributed by atoms with van der Waals surface area (Å²) in [6.07, 6.45) is 81.8. The topological polar surface area (TPSA) is 228 Å². The monoisotopic (exact) mass is 1480 g/mol. The van der Waals surface area contributed by atoms with E-state index < -0.39 is 86.8 Å².